The SMILES string of the molecule is CCN(SC(C)C)C(C)C. The van der Waals surface area contributed by atoms with E-state index in [1.54, 1.807) is 0 Å². The second kappa shape index (κ2) is 5.03. The summed E-state index contributed by atoms with van der Waals surface area (Å²) in [7, 11) is 0. The lowest BCUT2D eigenvalue weighted by Crippen LogP contribution is -2.25. The highest BCUT2D eigenvalue weighted by atomic mass is 32.2. The molecule has 62 valence electrons. The molecule has 0 spiro atoms. The van der Waals surface area contributed by atoms with E-state index >= 15 is 0 Å². The fourth-order valence-electron chi connectivity index (χ4n) is 0.832. The molecule has 1 nitrogen and oxygen atoms in total. The Labute approximate surface area is 69.3 Å². The minimum absolute atomic E-state index is 0.664. The van der Waals surface area contributed by atoms with Gasteiger partial charge in [-0.3, -0.25) is 0 Å². The van der Waals surface area contributed by atoms with E-state index in [-0.39, 0.29) is 0 Å². The lowest BCUT2D eigenvalue weighted by Gasteiger charge is -2.24. The highest BCUT2D eigenvalue weighted by Crippen LogP contribution is 2.18. The molecule has 0 fully saturated rings. The van der Waals surface area contributed by atoms with Crippen molar-refractivity contribution >= 4 is 11.9 Å². The van der Waals surface area contributed by atoms with Gasteiger partial charge >= 0.3 is 0 Å². The summed E-state index contributed by atoms with van der Waals surface area (Å²) < 4.78 is 2.41. The van der Waals surface area contributed by atoms with Crippen LogP contribution in [-0.2, 0) is 0 Å². The molecule has 0 atom stereocenters. The van der Waals surface area contributed by atoms with Crippen LogP contribution in [0.5, 0.6) is 0 Å². The summed E-state index contributed by atoms with van der Waals surface area (Å²) in [6, 6.07) is 0.664. The van der Waals surface area contributed by atoms with Gasteiger partial charge in [-0.25, -0.2) is 4.31 Å². The molecule has 0 aliphatic carbocycles. The van der Waals surface area contributed by atoms with Gasteiger partial charge in [0.1, 0.15) is 0 Å². The van der Waals surface area contributed by atoms with E-state index < -0.39 is 0 Å². The molecule has 0 amide bonds. The van der Waals surface area contributed by atoms with Crippen LogP contribution in [0.2, 0.25) is 0 Å². The Kier molecular flexibility index (Phi) is 5.18. The van der Waals surface area contributed by atoms with Crippen molar-refractivity contribution in [2.75, 3.05) is 6.54 Å². The minimum Gasteiger partial charge on any atom is -0.248 e. The molecule has 0 unspecified atom stereocenters. The number of rotatable bonds is 4. The van der Waals surface area contributed by atoms with Crippen LogP contribution >= 0.6 is 11.9 Å². The van der Waals surface area contributed by atoms with E-state index in [9.17, 15) is 0 Å². The normalized spacial score (nSPS) is 12.0. The third kappa shape index (κ3) is 4.18. The Morgan fingerprint density at radius 1 is 1.20 bits per heavy atom. The summed E-state index contributed by atoms with van der Waals surface area (Å²) in [6.45, 7) is 12.3. The molecule has 0 N–H and O–H groups in total. The lowest BCUT2D eigenvalue weighted by molar-refractivity contribution is 0.414. The first kappa shape index (κ1) is 10.3. The van der Waals surface area contributed by atoms with E-state index in [0.717, 1.165) is 6.54 Å². The molecule has 0 aromatic rings. The van der Waals surface area contributed by atoms with Crippen molar-refractivity contribution in [1.29, 1.82) is 0 Å². The molecule has 0 heterocycles. The van der Waals surface area contributed by atoms with Gasteiger partial charge in [-0.1, -0.05) is 32.7 Å². The molecule has 0 aliphatic rings. The van der Waals surface area contributed by atoms with Gasteiger partial charge in [0, 0.05) is 17.8 Å². The number of nitrogens with zero attached hydrogens (tertiary/aromatic N) is 1. The number of hydrogen-bond donors (Lipinski definition) is 0. The maximum absolute atomic E-state index is 2.41. The highest BCUT2D eigenvalue weighted by Gasteiger charge is 2.08. The topological polar surface area (TPSA) is 3.24 Å². The molecule has 0 aromatic carbocycles. The molecule has 10 heavy (non-hydrogen) atoms. The first-order valence-electron chi connectivity index (χ1n) is 4.01. The predicted octanol–water partition coefficient (Wildman–Crippen LogP) is 2.77. The Balaban J connectivity index is 3.60. The Bertz CT molecular complexity index is 81.3. The lowest BCUT2D eigenvalue weighted by atomic mass is 10.4. The van der Waals surface area contributed by atoms with Gasteiger partial charge in [0.2, 0.25) is 0 Å². The zero-order chi connectivity index (χ0) is 8.15. The second-order valence-corrected chi connectivity index (χ2v) is 4.60. The van der Waals surface area contributed by atoms with Crippen LogP contribution in [-0.4, -0.2) is 22.1 Å². The van der Waals surface area contributed by atoms with Crippen molar-refractivity contribution in [1.82, 2.24) is 4.31 Å². The fourth-order valence-corrected chi connectivity index (χ4v) is 1.77. The van der Waals surface area contributed by atoms with Crippen LogP contribution in [0.15, 0.2) is 0 Å². The van der Waals surface area contributed by atoms with Gasteiger partial charge < -0.3 is 0 Å². The molecule has 0 rings (SSSR count). The maximum Gasteiger partial charge on any atom is 0.0145 e. The molecule has 0 bridgehead atoms. The van der Waals surface area contributed by atoms with Gasteiger partial charge in [-0.15, -0.1) is 0 Å². The van der Waals surface area contributed by atoms with Gasteiger partial charge in [-0.05, 0) is 13.8 Å². The Hall–Kier alpha value is 0.310. The van der Waals surface area contributed by atoms with Crippen LogP contribution in [0.3, 0.4) is 0 Å². The van der Waals surface area contributed by atoms with Crippen molar-refractivity contribution in [3.05, 3.63) is 0 Å². The van der Waals surface area contributed by atoms with Crippen LogP contribution < -0.4 is 0 Å². The summed E-state index contributed by atoms with van der Waals surface area (Å²) in [6.07, 6.45) is 0. The third-order valence-corrected chi connectivity index (χ3v) is 2.61. The monoisotopic (exact) mass is 161 g/mol. The van der Waals surface area contributed by atoms with Crippen molar-refractivity contribution in [3.8, 4) is 0 Å². The third-order valence-electron chi connectivity index (χ3n) is 1.23. The van der Waals surface area contributed by atoms with E-state index in [1.165, 1.54) is 0 Å². The van der Waals surface area contributed by atoms with Crippen LogP contribution in [0.4, 0.5) is 0 Å². The van der Waals surface area contributed by atoms with Crippen molar-refractivity contribution in [2.24, 2.45) is 0 Å². The van der Waals surface area contributed by atoms with Gasteiger partial charge in [0.25, 0.3) is 0 Å². The molecule has 0 aromatic heterocycles. The van der Waals surface area contributed by atoms with Gasteiger partial charge in [0.15, 0.2) is 0 Å². The molecular weight excluding hydrogens is 142 g/mol. The average molecular weight is 161 g/mol. The summed E-state index contributed by atoms with van der Waals surface area (Å²) in [5.74, 6) is 0. The van der Waals surface area contributed by atoms with E-state index in [1.807, 2.05) is 11.9 Å². The van der Waals surface area contributed by atoms with Crippen molar-refractivity contribution in [2.45, 2.75) is 45.9 Å². The minimum atomic E-state index is 0.664. The van der Waals surface area contributed by atoms with Gasteiger partial charge in [-0.2, -0.15) is 0 Å². The van der Waals surface area contributed by atoms with Crippen molar-refractivity contribution < 1.29 is 0 Å². The smallest absolute Gasteiger partial charge is 0.0145 e. The van der Waals surface area contributed by atoms with Crippen LogP contribution in [0.25, 0.3) is 0 Å². The summed E-state index contributed by atoms with van der Waals surface area (Å²) >= 11 is 1.94. The van der Waals surface area contributed by atoms with Crippen LogP contribution in [0.1, 0.15) is 34.6 Å². The fraction of sp³-hybridized carbons (Fsp3) is 1.00. The molecule has 0 aliphatic heterocycles. The Morgan fingerprint density at radius 2 is 1.70 bits per heavy atom. The summed E-state index contributed by atoms with van der Waals surface area (Å²) in [5.41, 5.74) is 0. The van der Waals surface area contributed by atoms with E-state index in [0.29, 0.717) is 11.3 Å². The van der Waals surface area contributed by atoms with E-state index in [2.05, 4.69) is 38.9 Å². The molecular formula is C8H19NS. The predicted molar refractivity (Wildman–Crippen MR) is 50.2 cm³/mol. The summed E-state index contributed by atoms with van der Waals surface area (Å²) in [4.78, 5) is 0. The molecule has 0 radical (unpaired) electrons. The van der Waals surface area contributed by atoms with Gasteiger partial charge in [0.05, 0.1) is 0 Å². The molecule has 0 saturated heterocycles. The first-order valence-corrected chi connectivity index (χ1v) is 4.85. The highest BCUT2D eigenvalue weighted by molar-refractivity contribution is 7.97. The van der Waals surface area contributed by atoms with E-state index in [4.69, 9.17) is 0 Å². The second-order valence-electron chi connectivity index (χ2n) is 2.98. The standard InChI is InChI=1S/C8H19NS/c1-6-9(7(2)3)10-8(4)5/h7-8H,6H2,1-5H3. The zero-order valence-electron chi connectivity index (χ0n) is 7.72. The van der Waals surface area contributed by atoms with Crippen molar-refractivity contribution in [3.63, 3.8) is 0 Å². The Morgan fingerprint density at radius 3 is 1.80 bits per heavy atom. The zero-order valence-corrected chi connectivity index (χ0v) is 8.53. The largest absolute Gasteiger partial charge is 0.248 e. The maximum atomic E-state index is 2.41. The van der Waals surface area contributed by atoms with Crippen LogP contribution in [0, 0.1) is 0 Å². The summed E-state index contributed by atoms with van der Waals surface area (Å²) in [5, 5.41) is 0.711. The molecule has 2 heteroatoms. The number of hydrogen-bond acceptors (Lipinski definition) is 2. The quantitative estimate of drug-likeness (QED) is 0.583. The molecule has 0 saturated carbocycles. The first-order chi connectivity index (χ1) is 4.57. The average Bonchev–Trinajstić information content (AvgIpc) is 1.81.